The predicted molar refractivity (Wildman–Crippen MR) is 87.6 cm³/mol. The van der Waals surface area contributed by atoms with Crippen molar-refractivity contribution in [2.45, 2.75) is 6.42 Å². The van der Waals surface area contributed by atoms with Gasteiger partial charge in [-0.3, -0.25) is 0 Å². The number of hydrogen-bond acceptors (Lipinski definition) is 0. The average molecular weight is 259 g/mol. The second-order valence-corrected chi connectivity index (χ2v) is 4.79. The highest BCUT2D eigenvalue weighted by molar-refractivity contribution is 5.92. The zero-order chi connectivity index (χ0) is 13.8. The zero-order valence-corrected chi connectivity index (χ0v) is 11.3. The maximum atomic E-state index is 3.89. The Bertz CT molecular complexity index is 748. The normalized spacial score (nSPS) is 11.2. The lowest BCUT2D eigenvalue weighted by molar-refractivity contribution is 1.28. The van der Waals surface area contributed by atoms with Crippen LogP contribution in [-0.2, 0) is 6.42 Å². The molecule has 2 aromatic carbocycles. The van der Waals surface area contributed by atoms with Crippen molar-refractivity contribution in [3.8, 4) is 0 Å². The van der Waals surface area contributed by atoms with Crippen molar-refractivity contribution in [2.75, 3.05) is 0 Å². The molecule has 1 heteroatoms. The van der Waals surface area contributed by atoms with Gasteiger partial charge in [0.2, 0.25) is 0 Å². The van der Waals surface area contributed by atoms with E-state index in [1.54, 1.807) is 0 Å². The van der Waals surface area contributed by atoms with Gasteiger partial charge in [0.15, 0.2) is 0 Å². The number of hydrogen-bond donors (Lipinski definition) is 1. The van der Waals surface area contributed by atoms with E-state index in [9.17, 15) is 0 Å². The second-order valence-electron chi connectivity index (χ2n) is 4.79. The number of rotatable bonds is 4. The van der Waals surface area contributed by atoms with Gasteiger partial charge in [-0.25, -0.2) is 0 Å². The first-order valence-electron chi connectivity index (χ1n) is 6.82. The van der Waals surface area contributed by atoms with Gasteiger partial charge in [-0.1, -0.05) is 67.3 Å². The van der Waals surface area contributed by atoms with Gasteiger partial charge in [0.25, 0.3) is 0 Å². The van der Waals surface area contributed by atoms with Gasteiger partial charge in [-0.05, 0) is 24.1 Å². The van der Waals surface area contributed by atoms with Crippen LogP contribution >= 0.6 is 0 Å². The Balaban J connectivity index is 1.92. The first-order chi connectivity index (χ1) is 9.88. The first kappa shape index (κ1) is 12.5. The summed E-state index contributed by atoms with van der Waals surface area (Å²) in [5, 5.41) is 1.24. The minimum atomic E-state index is 0.941. The van der Waals surface area contributed by atoms with E-state index < -0.39 is 0 Å². The lowest BCUT2D eigenvalue weighted by atomic mass is 10.1. The maximum Gasteiger partial charge on any atom is 0.0464 e. The van der Waals surface area contributed by atoms with Crippen molar-refractivity contribution in [3.63, 3.8) is 0 Å². The molecule has 0 radical (unpaired) electrons. The van der Waals surface area contributed by atoms with Crippen LogP contribution in [0, 0.1) is 0 Å². The number of allylic oxidation sites excluding steroid dienone is 1. The molecule has 0 amide bonds. The monoisotopic (exact) mass is 259 g/mol. The van der Waals surface area contributed by atoms with Gasteiger partial charge in [0.1, 0.15) is 0 Å². The number of H-pyrrole nitrogens is 1. The lowest BCUT2D eigenvalue weighted by Gasteiger charge is -1.96. The van der Waals surface area contributed by atoms with Gasteiger partial charge in [0.05, 0.1) is 0 Å². The highest BCUT2D eigenvalue weighted by Crippen LogP contribution is 2.24. The van der Waals surface area contributed by atoms with Gasteiger partial charge < -0.3 is 4.98 Å². The van der Waals surface area contributed by atoms with Crippen molar-refractivity contribution in [1.29, 1.82) is 0 Å². The number of fused-ring (bicyclic) bond motifs is 1. The molecule has 0 saturated carbocycles. The third-order valence-electron chi connectivity index (χ3n) is 3.46. The molecule has 3 rings (SSSR count). The molecule has 0 fully saturated rings. The Morgan fingerprint density at radius 1 is 0.950 bits per heavy atom. The van der Waals surface area contributed by atoms with Gasteiger partial charge in [-0.2, -0.15) is 0 Å². The van der Waals surface area contributed by atoms with E-state index in [0.717, 1.165) is 17.6 Å². The van der Waals surface area contributed by atoms with E-state index in [2.05, 4.69) is 66.2 Å². The van der Waals surface area contributed by atoms with E-state index in [1.807, 2.05) is 18.2 Å². The number of benzene rings is 2. The summed E-state index contributed by atoms with van der Waals surface area (Å²) < 4.78 is 0. The largest absolute Gasteiger partial charge is 0.355 e. The number of nitrogens with one attached hydrogen (secondary N) is 1. The minimum Gasteiger partial charge on any atom is -0.355 e. The Kier molecular flexibility index (Phi) is 3.51. The van der Waals surface area contributed by atoms with Gasteiger partial charge in [-0.15, -0.1) is 0 Å². The highest BCUT2D eigenvalue weighted by Gasteiger charge is 2.05. The predicted octanol–water partition coefficient (Wildman–Crippen LogP) is 5.07. The van der Waals surface area contributed by atoms with Crippen LogP contribution in [0.1, 0.15) is 16.8 Å². The molecule has 0 spiro atoms. The zero-order valence-electron chi connectivity index (χ0n) is 11.3. The summed E-state index contributed by atoms with van der Waals surface area (Å²) in [6, 6.07) is 18.8. The van der Waals surface area contributed by atoms with Crippen LogP contribution in [0.5, 0.6) is 0 Å². The van der Waals surface area contributed by atoms with E-state index in [4.69, 9.17) is 0 Å². The maximum absolute atomic E-state index is 3.89. The van der Waals surface area contributed by atoms with Crippen molar-refractivity contribution in [1.82, 2.24) is 4.98 Å². The van der Waals surface area contributed by atoms with Crippen LogP contribution < -0.4 is 0 Å². The molecular weight excluding hydrogens is 242 g/mol. The van der Waals surface area contributed by atoms with Crippen LogP contribution in [0.2, 0.25) is 0 Å². The summed E-state index contributed by atoms with van der Waals surface area (Å²) in [5.74, 6) is 0. The van der Waals surface area contributed by atoms with E-state index >= 15 is 0 Å². The molecule has 3 aromatic rings. The summed E-state index contributed by atoms with van der Waals surface area (Å²) in [6.45, 7) is 3.89. The number of aromatic nitrogens is 1. The molecule has 0 aliphatic rings. The quantitative estimate of drug-likeness (QED) is 0.673. The molecule has 0 bridgehead atoms. The molecule has 0 unspecified atom stereocenters. The fourth-order valence-corrected chi connectivity index (χ4v) is 2.45. The molecule has 98 valence electrons. The molecule has 1 N–H and O–H groups in total. The topological polar surface area (TPSA) is 15.8 Å². The summed E-state index contributed by atoms with van der Waals surface area (Å²) in [6.07, 6.45) is 7.21. The molecule has 0 atom stereocenters. The van der Waals surface area contributed by atoms with Crippen LogP contribution in [0.3, 0.4) is 0 Å². The van der Waals surface area contributed by atoms with E-state index in [-0.39, 0.29) is 0 Å². The van der Waals surface area contributed by atoms with Gasteiger partial charge in [0, 0.05) is 22.2 Å². The molecule has 0 aliphatic carbocycles. The second kappa shape index (κ2) is 5.62. The fourth-order valence-electron chi connectivity index (χ4n) is 2.45. The third kappa shape index (κ3) is 2.43. The Morgan fingerprint density at radius 2 is 1.70 bits per heavy atom. The minimum absolute atomic E-state index is 0.941. The Hall–Kier alpha value is -2.54. The molecule has 20 heavy (non-hydrogen) atoms. The first-order valence-corrected chi connectivity index (χ1v) is 6.82. The molecule has 0 aliphatic heterocycles. The molecular formula is C19H17N. The Labute approximate surface area is 119 Å². The van der Waals surface area contributed by atoms with E-state index in [0.29, 0.717) is 0 Å². The molecule has 1 aromatic heterocycles. The number of para-hydroxylation sites is 1. The SMILES string of the molecule is C=Cc1[nH]c2ccccc2c1/C=C\Cc1ccccc1. The van der Waals surface area contributed by atoms with Gasteiger partial charge >= 0.3 is 0 Å². The summed E-state index contributed by atoms with van der Waals surface area (Å²) in [4.78, 5) is 3.39. The smallest absolute Gasteiger partial charge is 0.0464 e. The molecule has 1 nitrogen and oxygen atoms in total. The van der Waals surface area contributed by atoms with Crippen LogP contribution in [0.4, 0.5) is 0 Å². The third-order valence-corrected chi connectivity index (χ3v) is 3.46. The molecule has 0 saturated heterocycles. The Morgan fingerprint density at radius 3 is 2.50 bits per heavy atom. The van der Waals surface area contributed by atoms with Crippen molar-refractivity contribution in [3.05, 3.63) is 84.1 Å². The summed E-state index contributed by atoms with van der Waals surface area (Å²) >= 11 is 0. The van der Waals surface area contributed by atoms with Crippen LogP contribution in [-0.4, -0.2) is 4.98 Å². The van der Waals surface area contributed by atoms with E-state index in [1.165, 1.54) is 16.5 Å². The van der Waals surface area contributed by atoms with Crippen molar-refractivity contribution in [2.24, 2.45) is 0 Å². The lowest BCUT2D eigenvalue weighted by Crippen LogP contribution is -1.80. The van der Waals surface area contributed by atoms with Crippen LogP contribution in [0.25, 0.3) is 23.1 Å². The summed E-state index contributed by atoms with van der Waals surface area (Å²) in [7, 11) is 0. The number of aromatic amines is 1. The molecule has 1 heterocycles. The standard InChI is InChI=1S/C19H17N/c1-2-18-16(17-12-6-7-14-19(17)20-18)13-8-11-15-9-4-3-5-10-15/h2-10,12-14,20H,1,11H2/b13-8-. The summed E-state index contributed by atoms with van der Waals surface area (Å²) in [5.41, 5.74) is 4.77. The van der Waals surface area contributed by atoms with Crippen molar-refractivity contribution < 1.29 is 0 Å². The highest BCUT2D eigenvalue weighted by atomic mass is 14.7. The van der Waals surface area contributed by atoms with Crippen LogP contribution in [0.15, 0.2) is 67.3 Å². The van der Waals surface area contributed by atoms with Crippen molar-refractivity contribution >= 4 is 23.1 Å². The average Bonchev–Trinajstić information content (AvgIpc) is 2.87. The fraction of sp³-hybridized carbons (Fsp3) is 0.0526.